The molecule has 4 nitrogen and oxygen atoms in total. The van der Waals surface area contributed by atoms with Gasteiger partial charge >= 0.3 is 0 Å². The summed E-state index contributed by atoms with van der Waals surface area (Å²) in [6.07, 6.45) is 3.64. The number of aromatic nitrogens is 2. The van der Waals surface area contributed by atoms with E-state index in [9.17, 15) is 0 Å². The molecular formula is C15H16ClN3O. The Labute approximate surface area is 123 Å². The summed E-state index contributed by atoms with van der Waals surface area (Å²) in [5, 5.41) is 0.749. The first-order valence-electron chi connectivity index (χ1n) is 6.66. The predicted octanol–water partition coefficient (Wildman–Crippen LogP) is 2.70. The lowest BCUT2D eigenvalue weighted by Crippen LogP contribution is -2.38. The van der Waals surface area contributed by atoms with Crippen LogP contribution in [-0.2, 0) is 11.3 Å². The molecule has 1 saturated heterocycles. The molecule has 20 heavy (non-hydrogen) atoms. The Morgan fingerprint density at radius 1 is 1.20 bits per heavy atom. The zero-order valence-corrected chi connectivity index (χ0v) is 11.8. The molecule has 2 aromatic rings. The van der Waals surface area contributed by atoms with Crippen molar-refractivity contribution in [1.29, 1.82) is 0 Å². The van der Waals surface area contributed by atoms with Crippen LogP contribution in [0.4, 0.5) is 0 Å². The lowest BCUT2D eigenvalue weighted by molar-refractivity contribution is -0.0336. The maximum atomic E-state index is 5.92. The molecule has 0 unspecified atom stereocenters. The van der Waals surface area contributed by atoms with Crippen molar-refractivity contribution in [1.82, 2.24) is 14.9 Å². The second kappa shape index (κ2) is 6.31. The molecule has 2 heterocycles. The Hall–Kier alpha value is -1.49. The SMILES string of the molecule is Clc1ccc([C@H]2CN(Cc3ncccn3)CCO2)cc1. The third-order valence-corrected chi connectivity index (χ3v) is 3.63. The Bertz CT molecular complexity index is 547. The third kappa shape index (κ3) is 3.33. The maximum Gasteiger partial charge on any atom is 0.142 e. The molecule has 1 aliphatic heterocycles. The molecule has 0 radical (unpaired) electrons. The van der Waals surface area contributed by atoms with Gasteiger partial charge in [0, 0.05) is 30.5 Å². The summed E-state index contributed by atoms with van der Waals surface area (Å²) in [4.78, 5) is 10.9. The van der Waals surface area contributed by atoms with Crippen LogP contribution in [0.25, 0.3) is 0 Å². The Morgan fingerprint density at radius 3 is 2.70 bits per heavy atom. The van der Waals surface area contributed by atoms with Crippen molar-refractivity contribution in [2.24, 2.45) is 0 Å². The number of ether oxygens (including phenoxy) is 1. The molecule has 1 aromatic carbocycles. The topological polar surface area (TPSA) is 38.2 Å². The molecular weight excluding hydrogens is 274 g/mol. The highest BCUT2D eigenvalue weighted by atomic mass is 35.5. The van der Waals surface area contributed by atoms with Gasteiger partial charge in [0.1, 0.15) is 5.82 Å². The second-order valence-electron chi connectivity index (χ2n) is 4.81. The van der Waals surface area contributed by atoms with Crippen LogP contribution in [0.1, 0.15) is 17.5 Å². The molecule has 1 aliphatic rings. The number of benzene rings is 1. The van der Waals surface area contributed by atoms with Gasteiger partial charge in [-0.3, -0.25) is 4.90 Å². The Kier molecular flexibility index (Phi) is 4.25. The van der Waals surface area contributed by atoms with E-state index < -0.39 is 0 Å². The summed E-state index contributed by atoms with van der Waals surface area (Å²) in [6, 6.07) is 9.68. The number of halogens is 1. The van der Waals surface area contributed by atoms with Crippen LogP contribution in [0, 0.1) is 0 Å². The van der Waals surface area contributed by atoms with E-state index in [2.05, 4.69) is 14.9 Å². The molecule has 3 rings (SSSR count). The van der Waals surface area contributed by atoms with Gasteiger partial charge in [-0.05, 0) is 23.8 Å². The highest BCUT2D eigenvalue weighted by molar-refractivity contribution is 6.30. The van der Waals surface area contributed by atoms with Crippen LogP contribution in [-0.4, -0.2) is 34.6 Å². The fourth-order valence-electron chi connectivity index (χ4n) is 2.34. The Morgan fingerprint density at radius 2 is 1.95 bits per heavy atom. The monoisotopic (exact) mass is 289 g/mol. The Balaban J connectivity index is 1.66. The van der Waals surface area contributed by atoms with Gasteiger partial charge in [0.15, 0.2) is 0 Å². The molecule has 5 heteroatoms. The smallest absolute Gasteiger partial charge is 0.142 e. The molecule has 1 atom stereocenters. The van der Waals surface area contributed by atoms with Crippen LogP contribution >= 0.6 is 11.6 Å². The lowest BCUT2D eigenvalue weighted by Gasteiger charge is -2.32. The second-order valence-corrected chi connectivity index (χ2v) is 5.25. The minimum Gasteiger partial charge on any atom is -0.371 e. The van der Waals surface area contributed by atoms with Gasteiger partial charge in [0.2, 0.25) is 0 Å². The minimum atomic E-state index is 0.0877. The van der Waals surface area contributed by atoms with Crippen molar-refractivity contribution in [2.75, 3.05) is 19.7 Å². The molecule has 0 amide bonds. The quantitative estimate of drug-likeness (QED) is 0.871. The largest absolute Gasteiger partial charge is 0.371 e. The molecule has 0 aliphatic carbocycles. The average Bonchev–Trinajstić information content (AvgIpc) is 2.49. The summed E-state index contributed by atoms with van der Waals surface area (Å²) in [5.41, 5.74) is 1.16. The molecule has 0 spiro atoms. The van der Waals surface area contributed by atoms with Crippen LogP contribution in [0.2, 0.25) is 5.02 Å². The molecule has 1 fully saturated rings. The van der Waals surface area contributed by atoms with Crippen molar-refractivity contribution >= 4 is 11.6 Å². The fraction of sp³-hybridized carbons (Fsp3) is 0.333. The van der Waals surface area contributed by atoms with Crippen LogP contribution in [0.5, 0.6) is 0 Å². The number of hydrogen-bond acceptors (Lipinski definition) is 4. The first kappa shape index (κ1) is 13.5. The average molecular weight is 290 g/mol. The molecule has 0 N–H and O–H groups in total. The van der Waals surface area contributed by atoms with Gasteiger partial charge in [0.05, 0.1) is 19.3 Å². The molecule has 1 aromatic heterocycles. The third-order valence-electron chi connectivity index (χ3n) is 3.38. The van der Waals surface area contributed by atoms with E-state index in [1.807, 2.05) is 30.3 Å². The summed E-state index contributed by atoms with van der Waals surface area (Å²) in [7, 11) is 0. The summed E-state index contributed by atoms with van der Waals surface area (Å²) in [6.45, 7) is 3.23. The minimum absolute atomic E-state index is 0.0877. The van der Waals surface area contributed by atoms with Crippen molar-refractivity contribution in [2.45, 2.75) is 12.6 Å². The standard InChI is InChI=1S/C15H16ClN3O/c16-13-4-2-12(3-5-13)14-10-19(8-9-20-14)11-15-17-6-1-7-18-15/h1-7,14H,8-11H2/t14-/m1/s1. The fourth-order valence-corrected chi connectivity index (χ4v) is 2.46. The lowest BCUT2D eigenvalue weighted by atomic mass is 10.1. The van der Waals surface area contributed by atoms with E-state index >= 15 is 0 Å². The van der Waals surface area contributed by atoms with Gasteiger partial charge in [-0.25, -0.2) is 9.97 Å². The molecule has 0 bridgehead atoms. The van der Waals surface area contributed by atoms with Crippen molar-refractivity contribution in [3.63, 3.8) is 0 Å². The van der Waals surface area contributed by atoms with Crippen LogP contribution < -0.4 is 0 Å². The predicted molar refractivity (Wildman–Crippen MR) is 77.5 cm³/mol. The van der Waals surface area contributed by atoms with E-state index in [1.54, 1.807) is 12.4 Å². The molecule has 0 saturated carbocycles. The van der Waals surface area contributed by atoms with Gasteiger partial charge < -0.3 is 4.74 Å². The summed E-state index contributed by atoms with van der Waals surface area (Å²) < 4.78 is 5.85. The first-order valence-corrected chi connectivity index (χ1v) is 7.04. The zero-order valence-electron chi connectivity index (χ0n) is 11.1. The van der Waals surface area contributed by atoms with E-state index in [0.29, 0.717) is 0 Å². The summed E-state index contributed by atoms with van der Waals surface area (Å²) >= 11 is 5.92. The highest BCUT2D eigenvalue weighted by Crippen LogP contribution is 2.24. The normalized spacial score (nSPS) is 19.9. The van der Waals surface area contributed by atoms with Gasteiger partial charge in [-0.2, -0.15) is 0 Å². The van der Waals surface area contributed by atoms with Crippen LogP contribution in [0.3, 0.4) is 0 Å². The number of nitrogens with zero attached hydrogens (tertiary/aromatic N) is 3. The van der Waals surface area contributed by atoms with E-state index in [1.165, 1.54) is 0 Å². The maximum absolute atomic E-state index is 5.92. The number of rotatable bonds is 3. The highest BCUT2D eigenvalue weighted by Gasteiger charge is 2.22. The summed E-state index contributed by atoms with van der Waals surface area (Å²) in [5.74, 6) is 0.851. The van der Waals surface area contributed by atoms with Crippen molar-refractivity contribution in [3.05, 3.63) is 59.1 Å². The van der Waals surface area contributed by atoms with Crippen LogP contribution in [0.15, 0.2) is 42.7 Å². The number of hydrogen-bond donors (Lipinski definition) is 0. The van der Waals surface area contributed by atoms with Gasteiger partial charge in [-0.1, -0.05) is 23.7 Å². The molecule has 104 valence electrons. The van der Waals surface area contributed by atoms with E-state index in [0.717, 1.165) is 42.7 Å². The van der Waals surface area contributed by atoms with Gasteiger partial charge in [0.25, 0.3) is 0 Å². The van der Waals surface area contributed by atoms with Crippen molar-refractivity contribution < 1.29 is 4.74 Å². The number of morpholine rings is 1. The van der Waals surface area contributed by atoms with E-state index in [4.69, 9.17) is 16.3 Å². The van der Waals surface area contributed by atoms with Gasteiger partial charge in [-0.15, -0.1) is 0 Å². The van der Waals surface area contributed by atoms with Crippen molar-refractivity contribution in [3.8, 4) is 0 Å². The first-order chi connectivity index (χ1) is 9.81. The zero-order chi connectivity index (χ0) is 13.8. The van der Waals surface area contributed by atoms with E-state index in [-0.39, 0.29) is 6.10 Å².